The lowest BCUT2D eigenvalue weighted by molar-refractivity contribution is -0.167. The van der Waals surface area contributed by atoms with Gasteiger partial charge in [0.15, 0.2) is 6.10 Å². The minimum atomic E-state index is -0.778. The topological polar surface area (TPSA) is 78.9 Å². The van der Waals surface area contributed by atoms with Crippen LogP contribution in [0.1, 0.15) is 406 Å². The number of allylic oxidation sites excluding steroid dienone is 8. The zero-order valence-electron chi connectivity index (χ0n) is 56.0. The molecular weight excluding hydrogens is 1020 g/mol. The van der Waals surface area contributed by atoms with Gasteiger partial charge in [-0.3, -0.25) is 14.4 Å². The molecule has 0 spiro atoms. The molecule has 0 aliphatic carbocycles. The molecule has 0 aromatic rings. The third kappa shape index (κ3) is 70.0. The number of hydrogen-bond acceptors (Lipinski definition) is 6. The Labute approximate surface area is 518 Å². The maximum absolute atomic E-state index is 13.0. The molecule has 1 atom stereocenters. The first kappa shape index (κ1) is 80.4. The van der Waals surface area contributed by atoms with Crippen molar-refractivity contribution in [1.29, 1.82) is 0 Å². The van der Waals surface area contributed by atoms with Gasteiger partial charge < -0.3 is 14.2 Å². The van der Waals surface area contributed by atoms with E-state index in [-0.39, 0.29) is 31.1 Å². The largest absolute Gasteiger partial charge is 0.462 e. The summed E-state index contributed by atoms with van der Waals surface area (Å²) < 4.78 is 17.0. The Hall–Kier alpha value is -2.63. The number of hydrogen-bond donors (Lipinski definition) is 0. The molecule has 0 aromatic carbocycles. The third-order valence-electron chi connectivity index (χ3n) is 16.8. The molecule has 0 aliphatic heterocycles. The highest BCUT2D eigenvalue weighted by Crippen LogP contribution is 2.18. The van der Waals surface area contributed by atoms with Gasteiger partial charge in [0.25, 0.3) is 0 Å². The van der Waals surface area contributed by atoms with Gasteiger partial charge in [0.1, 0.15) is 13.2 Å². The second-order valence-electron chi connectivity index (χ2n) is 25.2. The molecule has 0 fully saturated rings. The SMILES string of the molecule is CCCCCCC/C=C\C/C=C\CCCCCCCCCCCC(=O)OC(COC(=O)CCCCCCCCCCC/C=C\CCCCCCCCCC)COC(=O)CCCCCCCCCCCCC/C=C\CCCCCCCCCC. The van der Waals surface area contributed by atoms with Crippen molar-refractivity contribution in [3.63, 3.8) is 0 Å². The van der Waals surface area contributed by atoms with Gasteiger partial charge in [0.05, 0.1) is 0 Å². The lowest BCUT2D eigenvalue weighted by Gasteiger charge is -2.18. The summed E-state index contributed by atoms with van der Waals surface area (Å²) in [5.41, 5.74) is 0. The van der Waals surface area contributed by atoms with Crippen molar-refractivity contribution in [2.24, 2.45) is 0 Å². The Bertz CT molecular complexity index is 1430. The lowest BCUT2D eigenvalue weighted by Crippen LogP contribution is -2.30. The fourth-order valence-electron chi connectivity index (χ4n) is 11.2. The van der Waals surface area contributed by atoms with E-state index < -0.39 is 6.10 Å². The molecule has 6 nitrogen and oxygen atoms in total. The minimum absolute atomic E-state index is 0.0725. The molecule has 0 aromatic heterocycles. The van der Waals surface area contributed by atoms with E-state index in [0.717, 1.165) is 64.2 Å². The van der Waals surface area contributed by atoms with Gasteiger partial charge in [0.2, 0.25) is 0 Å². The van der Waals surface area contributed by atoms with Crippen molar-refractivity contribution in [3.05, 3.63) is 48.6 Å². The van der Waals surface area contributed by atoms with Crippen LogP contribution in [-0.4, -0.2) is 37.2 Å². The predicted octanol–water partition coefficient (Wildman–Crippen LogP) is 25.7. The van der Waals surface area contributed by atoms with E-state index in [4.69, 9.17) is 14.2 Å². The van der Waals surface area contributed by atoms with Gasteiger partial charge >= 0.3 is 17.9 Å². The Balaban J connectivity index is 4.34. The van der Waals surface area contributed by atoms with E-state index in [1.807, 2.05) is 0 Å². The second-order valence-corrected chi connectivity index (χ2v) is 25.2. The van der Waals surface area contributed by atoms with E-state index in [9.17, 15) is 14.4 Å². The van der Waals surface area contributed by atoms with Crippen molar-refractivity contribution in [2.45, 2.75) is 412 Å². The highest BCUT2D eigenvalue weighted by Gasteiger charge is 2.19. The van der Waals surface area contributed by atoms with Gasteiger partial charge in [-0.2, -0.15) is 0 Å². The molecule has 6 heteroatoms. The molecule has 0 bridgehead atoms. The van der Waals surface area contributed by atoms with E-state index in [0.29, 0.717) is 19.3 Å². The Morgan fingerprint density at radius 1 is 0.241 bits per heavy atom. The first-order valence-electron chi connectivity index (χ1n) is 37.1. The Morgan fingerprint density at radius 3 is 0.675 bits per heavy atom. The zero-order valence-corrected chi connectivity index (χ0v) is 56.0. The van der Waals surface area contributed by atoms with E-state index in [2.05, 4.69) is 69.4 Å². The summed E-state index contributed by atoms with van der Waals surface area (Å²) in [6, 6.07) is 0. The number of esters is 3. The monoisotopic (exact) mass is 1160 g/mol. The highest BCUT2D eigenvalue weighted by atomic mass is 16.6. The standard InChI is InChI=1S/C77H142O6/c1-4-7-10-13-16-19-22-25-28-31-34-37-38-41-43-46-49-52-55-58-61-64-67-70-76(79)82-73-74(83-77(80)71-68-65-62-59-56-53-50-47-44-40-36-33-30-27-24-21-18-15-12-9-6-3)72-81-75(78)69-66-63-60-57-54-51-48-45-42-39-35-32-29-26-23-20-17-14-11-8-5-2/h24,27,31-36,74H,4-23,25-26,28-30,37-73H2,1-3H3/b27-24-,34-31-,35-32-,36-33-. The maximum atomic E-state index is 13.0. The smallest absolute Gasteiger partial charge is 0.306 e. The normalized spacial score (nSPS) is 12.3. The van der Waals surface area contributed by atoms with E-state index >= 15 is 0 Å². The average molecular weight is 1160 g/mol. The van der Waals surface area contributed by atoms with Crippen molar-refractivity contribution in [1.82, 2.24) is 0 Å². The van der Waals surface area contributed by atoms with Gasteiger partial charge in [-0.25, -0.2) is 0 Å². The van der Waals surface area contributed by atoms with Gasteiger partial charge in [-0.1, -0.05) is 333 Å². The molecule has 83 heavy (non-hydrogen) atoms. The Morgan fingerprint density at radius 2 is 0.434 bits per heavy atom. The van der Waals surface area contributed by atoms with E-state index in [1.165, 1.54) is 302 Å². The first-order chi connectivity index (χ1) is 41.0. The lowest BCUT2D eigenvalue weighted by atomic mass is 10.0. The number of carbonyl (C=O) groups excluding carboxylic acids is 3. The number of ether oxygens (including phenoxy) is 3. The molecule has 0 saturated heterocycles. The molecule has 0 amide bonds. The Kier molecular flexibility index (Phi) is 69.6. The minimum Gasteiger partial charge on any atom is -0.462 e. The summed E-state index contributed by atoms with van der Waals surface area (Å²) >= 11 is 0. The van der Waals surface area contributed by atoms with Crippen LogP contribution in [0.15, 0.2) is 48.6 Å². The highest BCUT2D eigenvalue weighted by molar-refractivity contribution is 5.71. The fraction of sp³-hybridized carbons (Fsp3) is 0.857. The van der Waals surface area contributed by atoms with Crippen LogP contribution in [0.5, 0.6) is 0 Å². The summed E-state index contributed by atoms with van der Waals surface area (Å²) in [5.74, 6) is -0.851. The molecule has 486 valence electrons. The summed E-state index contributed by atoms with van der Waals surface area (Å²) in [6.45, 7) is 6.70. The van der Waals surface area contributed by atoms with Crippen LogP contribution in [0.4, 0.5) is 0 Å². The summed E-state index contributed by atoms with van der Waals surface area (Å²) in [7, 11) is 0. The van der Waals surface area contributed by atoms with Crippen LogP contribution < -0.4 is 0 Å². The quantitative estimate of drug-likeness (QED) is 0.0261. The number of carbonyl (C=O) groups is 3. The molecule has 1 unspecified atom stereocenters. The van der Waals surface area contributed by atoms with Gasteiger partial charge in [-0.15, -0.1) is 0 Å². The molecular formula is C77H142O6. The van der Waals surface area contributed by atoms with Crippen molar-refractivity contribution < 1.29 is 28.6 Å². The van der Waals surface area contributed by atoms with Gasteiger partial charge in [0, 0.05) is 19.3 Å². The molecule has 0 radical (unpaired) electrons. The summed E-state index contributed by atoms with van der Waals surface area (Å²) in [6.07, 6.45) is 91.4. The van der Waals surface area contributed by atoms with Crippen LogP contribution in [0.25, 0.3) is 0 Å². The van der Waals surface area contributed by atoms with Crippen LogP contribution in [0.3, 0.4) is 0 Å². The number of unbranched alkanes of at least 4 members (excludes halogenated alkanes) is 50. The molecule has 0 N–H and O–H groups in total. The molecule has 0 aliphatic rings. The second kappa shape index (κ2) is 71.8. The molecule has 0 rings (SSSR count). The van der Waals surface area contributed by atoms with Crippen LogP contribution in [0, 0.1) is 0 Å². The van der Waals surface area contributed by atoms with Crippen molar-refractivity contribution >= 4 is 17.9 Å². The van der Waals surface area contributed by atoms with Crippen LogP contribution in [0.2, 0.25) is 0 Å². The van der Waals surface area contributed by atoms with Crippen LogP contribution >= 0.6 is 0 Å². The summed E-state index contributed by atoms with van der Waals surface area (Å²) in [5, 5.41) is 0. The maximum Gasteiger partial charge on any atom is 0.306 e. The number of rotatable bonds is 69. The summed E-state index contributed by atoms with van der Waals surface area (Å²) in [4.78, 5) is 38.6. The average Bonchev–Trinajstić information content (AvgIpc) is 3.49. The third-order valence-corrected chi connectivity index (χ3v) is 16.8. The zero-order chi connectivity index (χ0) is 59.9. The predicted molar refractivity (Wildman–Crippen MR) is 362 cm³/mol. The molecule has 0 heterocycles. The van der Waals surface area contributed by atoms with Crippen molar-refractivity contribution in [2.75, 3.05) is 13.2 Å². The van der Waals surface area contributed by atoms with E-state index in [1.54, 1.807) is 0 Å². The molecule has 0 saturated carbocycles. The van der Waals surface area contributed by atoms with Gasteiger partial charge in [-0.05, 0) is 103 Å². The van der Waals surface area contributed by atoms with Crippen LogP contribution in [-0.2, 0) is 28.6 Å². The van der Waals surface area contributed by atoms with Crippen molar-refractivity contribution in [3.8, 4) is 0 Å². The fourth-order valence-corrected chi connectivity index (χ4v) is 11.2. The first-order valence-corrected chi connectivity index (χ1v) is 37.1.